The van der Waals surface area contributed by atoms with Crippen LogP contribution in [0.15, 0.2) is 52.9 Å². The molecule has 2 aromatic carbocycles. The molecule has 162 valence electrons. The lowest BCUT2D eigenvalue weighted by Crippen LogP contribution is -2.46. The highest BCUT2D eigenvalue weighted by Gasteiger charge is 2.28. The van der Waals surface area contributed by atoms with Crippen molar-refractivity contribution in [1.29, 1.82) is 0 Å². The molecule has 0 bridgehead atoms. The van der Waals surface area contributed by atoms with Crippen LogP contribution in [-0.2, 0) is 17.9 Å². The molecule has 31 heavy (non-hydrogen) atoms. The molecule has 1 aromatic heterocycles. The molecule has 1 fully saturated rings. The summed E-state index contributed by atoms with van der Waals surface area (Å²) in [5.74, 6) is 2.94. The Morgan fingerprint density at radius 2 is 1.94 bits per heavy atom. The zero-order valence-corrected chi connectivity index (χ0v) is 18.5. The number of carbonyl (C=O) groups is 1. The van der Waals surface area contributed by atoms with Crippen molar-refractivity contribution in [3.8, 4) is 17.2 Å². The molecule has 4 rings (SSSR count). The highest BCUT2D eigenvalue weighted by Crippen LogP contribution is 2.24. The number of oxazole rings is 1. The molecular formula is C24H26N2O4S. The number of rotatable bonds is 7. The van der Waals surface area contributed by atoms with E-state index in [1.54, 1.807) is 11.8 Å². The van der Waals surface area contributed by atoms with Gasteiger partial charge in [-0.15, -0.1) is 0 Å². The van der Waals surface area contributed by atoms with Crippen molar-refractivity contribution in [3.63, 3.8) is 0 Å². The SMILES string of the molecule is Cc1ccc(-c2nc(COc3ccc(CN4CCSCC4C(=O)O)cc3)c(C)o2)cc1. The van der Waals surface area contributed by atoms with Crippen LogP contribution in [-0.4, -0.2) is 45.1 Å². The van der Waals surface area contributed by atoms with Gasteiger partial charge in [0.05, 0.1) is 0 Å². The second-order valence-electron chi connectivity index (χ2n) is 7.72. The van der Waals surface area contributed by atoms with Crippen molar-refractivity contribution < 1.29 is 19.1 Å². The average molecular weight is 439 g/mol. The predicted octanol–water partition coefficient (Wildman–Crippen LogP) is 4.54. The molecular weight excluding hydrogens is 412 g/mol. The van der Waals surface area contributed by atoms with Gasteiger partial charge < -0.3 is 14.3 Å². The van der Waals surface area contributed by atoms with Crippen LogP contribution in [0.4, 0.5) is 0 Å². The number of nitrogens with zero attached hydrogens (tertiary/aromatic N) is 2. The summed E-state index contributed by atoms with van der Waals surface area (Å²) in [6.07, 6.45) is 0. The van der Waals surface area contributed by atoms with Gasteiger partial charge in [-0.1, -0.05) is 29.8 Å². The first-order chi connectivity index (χ1) is 15.0. The Balaban J connectivity index is 1.36. The van der Waals surface area contributed by atoms with E-state index in [2.05, 4.69) is 4.98 Å². The summed E-state index contributed by atoms with van der Waals surface area (Å²) in [6, 6.07) is 15.5. The zero-order chi connectivity index (χ0) is 21.8. The summed E-state index contributed by atoms with van der Waals surface area (Å²) >= 11 is 1.70. The number of aromatic nitrogens is 1. The number of carboxylic acids is 1. The first-order valence-electron chi connectivity index (χ1n) is 10.3. The Hall–Kier alpha value is -2.77. The van der Waals surface area contributed by atoms with E-state index >= 15 is 0 Å². The van der Waals surface area contributed by atoms with Crippen molar-refractivity contribution in [2.24, 2.45) is 0 Å². The molecule has 1 aliphatic rings. The fourth-order valence-electron chi connectivity index (χ4n) is 3.51. The molecule has 0 spiro atoms. The van der Waals surface area contributed by atoms with Gasteiger partial charge in [-0.05, 0) is 43.7 Å². The van der Waals surface area contributed by atoms with Crippen LogP contribution in [0.3, 0.4) is 0 Å². The largest absolute Gasteiger partial charge is 0.487 e. The topological polar surface area (TPSA) is 75.8 Å². The number of hydrogen-bond donors (Lipinski definition) is 1. The average Bonchev–Trinajstić information content (AvgIpc) is 3.14. The van der Waals surface area contributed by atoms with E-state index in [-0.39, 0.29) is 0 Å². The van der Waals surface area contributed by atoms with E-state index in [0.29, 0.717) is 24.8 Å². The van der Waals surface area contributed by atoms with Gasteiger partial charge >= 0.3 is 5.97 Å². The van der Waals surface area contributed by atoms with Gasteiger partial charge in [-0.25, -0.2) is 4.98 Å². The van der Waals surface area contributed by atoms with Gasteiger partial charge in [-0.3, -0.25) is 9.69 Å². The Kier molecular flexibility index (Phi) is 6.63. The molecule has 6 nitrogen and oxygen atoms in total. The van der Waals surface area contributed by atoms with Gasteiger partial charge in [0, 0.05) is 30.2 Å². The number of carboxylic acid groups (broad SMARTS) is 1. The number of thioether (sulfide) groups is 1. The molecule has 2 heterocycles. The highest BCUT2D eigenvalue weighted by atomic mass is 32.2. The zero-order valence-electron chi connectivity index (χ0n) is 17.7. The minimum atomic E-state index is -0.750. The van der Waals surface area contributed by atoms with Gasteiger partial charge in [0.1, 0.15) is 29.9 Å². The number of ether oxygens (including phenoxy) is 1. The summed E-state index contributed by atoms with van der Waals surface area (Å²) in [5.41, 5.74) is 3.98. The number of aryl methyl sites for hydroxylation is 2. The van der Waals surface area contributed by atoms with Crippen LogP contribution in [0.25, 0.3) is 11.5 Å². The maximum atomic E-state index is 11.5. The minimum Gasteiger partial charge on any atom is -0.487 e. The smallest absolute Gasteiger partial charge is 0.321 e. The molecule has 0 amide bonds. The van der Waals surface area contributed by atoms with Gasteiger partial charge in [0.15, 0.2) is 0 Å². The van der Waals surface area contributed by atoms with Gasteiger partial charge in [-0.2, -0.15) is 11.8 Å². The summed E-state index contributed by atoms with van der Waals surface area (Å²) in [4.78, 5) is 18.1. The number of aliphatic carboxylic acids is 1. The van der Waals surface area contributed by atoms with Crippen molar-refractivity contribution in [3.05, 3.63) is 71.1 Å². The maximum absolute atomic E-state index is 11.5. The van der Waals surface area contributed by atoms with Crippen LogP contribution < -0.4 is 4.74 Å². The molecule has 0 radical (unpaired) electrons. The standard InChI is InChI=1S/C24H26N2O4S/c1-16-3-7-19(8-4-16)23-25-21(17(2)30-23)14-29-20-9-5-18(6-10-20)13-26-11-12-31-15-22(26)24(27)28/h3-10,22H,11-15H2,1-2H3,(H,27,28). The molecule has 1 unspecified atom stereocenters. The fraction of sp³-hybridized carbons (Fsp3) is 0.333. The first kappa shape index (κ1) is 21.5. The Bertz CT molecular complexity index is 1030. The second kappa shape index (κ2) is 9.58. The fourth-order valence-corrected chi connectivity index (χ4v) is 4.62. The highest BCUT2D eigenvalue weighted by molar-refractivity contribution is 7.99. The lowest BCUT2D eigenvalue weighted by Gasteiger charge is -2.32. The molecule has 1 atom stereocenters. The third kappa shape index (κ3) is 5.29. The van der Waals surface area contributed by atoms with Gasteiger partial charge in [0.2, 0.25) is 5.89 Å². The molecule has 7 heteroatoms. The number of benzene rings is 2. The van der Waals surface area contributed by atoms with Gasteiger partial charge in [0.25, 0.3) is 0 Å². The predicted molar refractivity (Wildman–Crippen MR) is 121 cm³/mol. The lowest BCUT2D eigenvalue weighted by atomic mass is 10.1. The Labute approximate surface area is 186 Å². The summed E-state index contributed by atoms with van der Waals surface area (Å²) in [5, 5.41) is 9.43. The Morgan fingerprint density at radius 3 is 2.65 bits per heavy atom. The minimum absolute atomic E-state index is 0.324. The normalized spacial score (nSPS) is 16.9. The van der Waals surface area contributed by atoms with Crippen molar-refractivity contribution in [2.45, 2.75) is 33.0 Å². The van der Waals surface area contributed by atoms with Crippen LogP contribution in [0.2, 0.25) is 0 Å². The van der Waals surface area contributed by atoms with Crippen LogP contribution in [0.5, 0.6) is 5.75 Å². The van der Waals surface area contributed by atoms with Crippen molar-refractivity contribution >= 4 is 17.7 Å². The molecule has 1 N–H and O–H groups in total. The van der Waals surface area contributed by atoms with E-state index < -0.39 is 12.0 Å². The molecule has 1 aliphatic heterocycles. The van der Waals surface area contributed by atoms with E-state index in [1.165, 1.54) is 5.56 Å². The molecule has 3 aromatic rings. The summed E-state index contributed by atoms with van der Waals surface area (Å²) in [7, 11) is 0. The van der Waals surface area contributed by atoms with E-state index in [9.17, 15) is 9.90 Å². The molecule has 1 saturated heterocycles. The van der Waals surface area contributed by atoms with Crippen LogP contribution in [0, 0.1) is 13.8 Å². The van der Waals surface area contributed by atoms with Crippen LogP contribution >= 0.6 is 11.8 Å². The lowest BCUT2D eigenvalue weighted by molar-refractivity contribution is -0.142. The second-order valence-corrected chi connectivity index (χ2v) is 8.87. The number of hydrogen-bond acceptors (Lipinski definition) is 6. The van der Waals surface area contributed by atoms with E-state index in [0.717, 1.165) is 40.6 Å². The van der Waals surface area contributed by atoms with Crippen LogP contribution in [0.1, 0.15) is 22.6 Å². The third-order valence-electron chi connectivity index (χ3n) is 5.40. The molecule has 0 aliphatic carbocycles. The quantitative estimate of drug-likeness (QED) is 0.580. The Morgan fingerprint density at radius 1 is 1.19 bits per heavy atom. The summed E-state index contributed by atoms with van der Waals surface area (Å²) < 4.78 is 11.7. The maximum Gasteiger partial charge on any atom is 0.321 e. The summed E-state index contributed by atoms with van der Waals surface area (Å²) in [6.45, 7) is 5.67. The third-order valence-corrected chi connectivity index (χ3v) is 6.42. The van der Waals surface area contributed by atoms with E-state index in [4.69, 9.17) is 9.15 Å². The van der Waals surface area contributed by atoms with E-state index in [1.807, 2.05) is 67.3 Å². The van der Waals surface area contributed by atoms with Crippen molar-refractivity contribution in [1.82, 2.24) is 9.88 Å². The first-order valence-corrected chi connectivity index (χ1v) is 11.4. The molecule has 0 saturated carbocycles. The monoisotopic (exact) mass is 438 g/mol. The van der Waals surface area contributed by atoms with Crippen molar-refractivity contribution in [2.75, 3.05) is 18.1 Å².